The molecule has 2 saturated heterocycles. The monoisotopic (exact) mass is 441 g/mol. The molecule has 0 radical (unpaired) electrons. The van der Waals surface area contributed by atoms with Crippen LogP contribution in [0.15, 0.2) is 24.3 Å². The number of benzene rings is 1. The topological polar surface area (TPSA) is 79.2 Å². The zero-order valence-corrected chi connectivity index (χ0v) is 19.1. The van der Waals surface area contributed by atoms with Crippen LogP contribution in [0.5, 0.6) is 11.5 Å². The third kappa shape index (κ3) is 3.43. The lowest BCUT2D eigenvalue weighted by Gasteiger charge is -2.68. The van der Waals surface area contributed by atoms with E-state index in [9.17, 15) is 15.0 Å². The van der Waals surface area contributed by atoms with E-state index in [1.54, 1.807) is 24.3 Å². The van der Waals surface area contributed by atoms with Crippen molar-refractivity contribution in [2.45, 2.75) is 63.2 Å². The first kappa shape index (κ1) is 21.8. The molecule has 2 saturated carbocycles. The lowest BCUT2D eigenvalue weighted by molar-refractivity contribution is -0.228. The number of hydrogen-bond donors (Lipinski definition) is 2. The summed E-state index contributed by atoms with van der Waals surface area (Å²) >= 11 is 0. The quantitative estimate of drug-likeness (QED) is 0.549. The van der Waals surface area contributed by atoms with Crippen molar-refractivity contribution in [3.05, 3.63) is 29.8 Å². The molecule has 6 heteroatoms. The smallest absolute Gasteiger partial charge is 0.331 e. The Hall–Kier alpha value is -2.05. The van der Waals surface area contributed by atoms with Crippen LogP contribution in [0.25, 0.3) is 6.08 Å². The van der Waals surface area contributed by atoms with Gasteiger partial charge >= 0.3 is 5.97 Å². The molecular formula is C26H35NO5. The highest BCUT2D eigenvalue weighted by Gasteiger charge is 2.65. The lowest BCUT2D eigenvalue weighted by Crippen LogP contribution is -2.74. The summed E-state index contributed by atoms with van der Waals surface area (Å²) in [6, 6.07) is 4.97. The van der Waals surface area contributed by atoms with Gasteiger partial charge in [-0.1, -0.05) is 13.0 Å². The number of methoxy groups -OCH3 is 1. The maximum atomic E-state index is 12.8. The van der Waals surface area contributed by atoms with Crippen molar-refractivity contribution < 1.29 is 24.5 Å². The van der Waals surface area contributed by atoms with Crippen molar-refractivity contribution in [1.82, 2.24) is 4.90 Å². The van der Waals surface area contributed by atoms with Gasteiger partial charge in [-0.3, -0.25) is 4.90 Å². The van der Waals surface area contributed by atoms with Gasteiger partial charge in [0.15, 0.2) is 11.5 Å². The number of hydrogen-bond acceptors (Lipinski definition) is 6. The highest BCUT2D eigenvalue weighted by Crippen LogP contribution is 2.60. The largest absolute Gasteiger partial charge is 0.504 e. The van der Waals surface area contributed by atoms with Crippen molar-refractivity contribution in [2.24, 2.45) is 23.7 Å². The van der Waals surface area contributed by atoms with Gasteiger partial charge in [0.1, 0.15) is 6.10 Å². The van der Waals surface area contributed by atoms with Crippen LogP contribution in [0.1, 0.15) is 51.0 Å². The predicted octanol–water partition coefficient (Wildman–Crippen LogP) is 3.61. The fourth-order valence-electron chi connectivity index (χ4n) is 7.61. The van der Waals surface area contributed by atoms with Gasteiger partial charge in [0.05, 0.1) is 13.2 Å². The van der Waals surface area contributed by atoms with Gasteiger partial charge in [0.25, 0.3) is 0 Å². The van der Waals surface area contributed by atoms with Gasteiger partial charge < -0.3 is 19.7 Å². The van der Waals surface area contributed by atoms with Crippen molar-refractivity contribution >= 4 is 12.0 Å². The highest BCUT2D eigenvalue weighted by molar-refractivity contribution is 5.87. The maximum absolute atomic E-state index is 12.8. The standard InChI is InChI=1S/C26H35NO5/c1-16-15-26-19-5-3-11-27(26)12-4-6-20(26)22(14-18(19)25(16)30)32-24(29)10-8-17-7-9-21(28)23(13-17)31-2/h7-10,13,16,18-20,22,25,28,30H,3-6,11-12,14-15H2,1-2H3/b10-8+/t16-,18+,19+,20+,22+,25+,26-/m0/s1. The van der Waals surface area contributed by atoms with Gasteiger partial charge in [0.2, 0.25) is 0 Å². The van der Waals surface area contributed by atoms with E-state index in [2.05, 4.69) is 11.8 Å². The van der Waals surface area contributed by atoms with Crippen molar-refractivity contribution in [1.29, 1.82) is 0 Å². The summed E-state index contributed by atoms with van der Waals surface area (Å²) in [7, 11) is 1.50. The summed E-state index contributed by atoms with van der Waals surface area (Å²) in [4.78, 5) is 15.5. The minimum Gasteiger partial charge on any atom is -0.504 e. The number of carbonyl (C=O) groups excluding carboxylic acids is 1. The highest BCUT2D eigenvalue weighted by atomic mass is 16.5. The van der Waals surface area contributed by atoms with Crippen LogP contribution in [0.3, 0.4) is 0 Å². The van der Waals surface area contributed by atoms with Crippen molar-refractivity contribution in [3.8, 4) is 11.5 Å². The third-order valence-electron chi connectivity index (χ3n) is 8.78. The van der Waals surface area contributed by atoms with E-state index in [1.807, 2.05) is 0 Å². The molecule has 174 valence electrons. The summed E-state index contributed by atoms with van der Waals surface area (Å²) in [5, 5.41) is 20.8. The zero-order valence-electron chi connectivity index (χ0n) is 19.1. The molecule has 6 nitrogen and oxygen atoms in total. The van der Waals surface area contributed by atoms with Crippen LogP contribution in [0.2, 0.25) is 0 Å². The molecule has 1 spiro atoms. The molecule has 0 aromatic heterocycles. The number of aliphatic hydroxyl groups is 1. The van der Waals surface area contributed by atoms with Crippen LogP contribution >= 0.6 is 0 Å². The molecule has 1 aromatic carbocycles. The fourth-order valence-corrected chi connectivity index (χ4v) is 7.61. The normalized spacial score (nSPS) is 38.8. The Morgan fingerprint density at radius 2 is 1.97 bits per heavy atom. The fraction of sp³-hybridized carbons (Fsp3) is 0.654. The SMILES string of the molecule is COc1cc(/C=C/C(=O)O[C@@H]2C[C@H]3[C@H](O)[C@@H](C)C[C@@]45[C@@H]3CCCN4CCC[C@H]25)ccc1O. The molecule has 1 aromatic rings. The second-order valence-corrected chi connectivity index (χ2v) is 10.3. The Kier molecular flexibility index (Phi) is 5.70. The number of rotatable bonds is 4. The summed E-state index contributed by atoms with van der Waals surface area (Å²) in [6.07, 6.45) is 9.12. The molecule has 2 aliphatic carbocycles. The Balaban J connectivity index is 1.37. The van der Waals surface area contributed by atoms with E-state index >= 15 is 0 Å². The number of carbonyl (C=O) groups is 1. The van der Waals surface area contributed by atoms with E-state index in [0.717, 1.165) is 44.3 Å². The van der Waals surface area contributed by atoms with E-state index in [-0.39, 0.29) is 35.4 Å². The first-order valence-corrected chi connectivity index (χ1v) is 12.1. The molecule has 2 aliphatic heterocycles. The number of phenols is 1. The summed E-state index contributed by atoms with van der Waals surface area (Å²) in [6.45, 7) is 4.46. The van der Waals surface area contributed by atoms with Crippen LogP contribution in [-0.2, 0) is 9.53 Å². The Bertz CT molecular complexity index is 898. The van der Waals surface area contributed by atoms with Gasteiger partial charge in [-0.25, -0.2) is 4.79 Å². The molecule has 4 fully saturated rings. The van der Waals surface area contributed by atoms with Crippen LogP contribution in [0.4, 0.5) is 0 Å². The van der Waals surface area contributed by atoms with Crippen LogP contribution < -0.4 is 4.74 Å². The first-order chi connectivity index (χ1) is 15.4. The average Bonchev–Trinajstić information content (AvgIpc) is 2.79. The van der Waals surface area contributed by atoms with Gasteiger partial charge in [-0.15, -0.1) is 0 Å². The Morgan fingerprint density at radius 3 is 2.72 bits per heavy atom. The van der Waals surface area contributed by atoms with Crippen molar-refractivity contribution in [2.75, 3.05) is 20.2 Å². The van der Waals surface area contributed by atoms with Gasteiger partial charge in [0, 0.05) is 17.5 Å². The summed E-state index contributed by atoms with van der Waals surface area (Å²) < 4.78 is 11.2. The molecule has 2 bridgehead atoms. The van der Waals surface area contributed by atoms with Gasteiger partial charge in [-0.05, 0) is 93.1 Å². The number of phenolic OH excluding ortho intramolecular Hbond substituents is 1. The lowest BCUT2D eigenvalue weighted by atomic mass is 9.47. The van der Waals surface area contributed by atoms with E-state index in [1.165, 1.54) is 26.0 Å². The molecule has 0 unspecified atom stereocenters. The average molecular weight is 442 g/mol. The molecule has 2 N–H and O–H groups in total. The maximum Gasteiger partial charge on any atom is 0.331 e. The summed E-state index contributed by atoms with van der Waals surface area (Å²) in [5.74, 6) is 1.45. The first-order valence-electron chi connectivity index (χ1n) is 12.1. The molecule has 7 atom stereocenters. The predicted molar refractivity (Wildman–Crippen MR) is 121 cm³/mol. The van der Waals surface area contributed by atoms with E-state index in [0.29, 0.717) is 23.5 Å². The summed E-state index contributed by atoms with van der Waals surface area (Å²) in [5.41, 5.74) is 0.841. The van der Waals surface area contributed by atoms with Gasteiger partial charge in [-0.2, -0.15) is 0 Å². The zero-order chi connectivity index (χ0) is 22.5. The Labute approximate surface area is 190 Å². The second kappa shape index (κ2) is 8.38. The molecule has 32 heavy (non-hydrogen) atoms. The second-order valence-electron chi connectivity index (χ2n) is 10.3. The number of esters is 1. The molecule has 2 heterocycles. The van der Waals surface area contributed by atoms with E-state index < -0.39 is 0 Å². The number of piperidine rings is 2. The van der Waals surface area contributed by atoms with Crippen molar-refractivity contribution in [3.63, 3.8) is 0 Å². The number of ether oxygens (including phenoxy) is 2. The Morgan fingerprint density at radius 1 is 1.22 bits per heavy atom. The molecule has 4 aliphatic rings. The molecular weight excluding hydrogens is 406 g/mol. The molecule has 5 rings (SSSR count). The minimum absolute atomic E-state index is 0.0666. The minimum atomic E-state index is -0.342. The number of nitrogens with zero attached hydrogens (tertiary/aromatic N) is 1. The molecule has 0 amide bonds. The number of aromatic hydroxyl groups is 1. The number of aliphatic hydroxyl groups excluding tert-OH is 1. The van der Waals surface area contributed by atoms with E-state index in [4.69, 9.17) is 9.47 Å². The van der Waals surface area contributed by atoms with Crippen LogP contribution in [-0.4, -0.2) is 59.0 Å². The third-order valence-corrected chi connectivity index (χ3v) is 8.78. The van der Waals surface area contributed by atoms with Crippen LogP contribution in [0, 0.1) is 23.7 Å².